The number of carbonyl (C=O) groups is 1. The third-order valence-corrected chi connectivity index (χ3v) is 3.59. The Balaban J connectivity index is 1.94. The maximum absolute atomic E-state index is 12.2. The van der Waals surface area contributed by atoms with Crippen LogP contribution in [0.1, 0.15) is 24.8 Å². The Morgan fingerprint density at radius 1 is 1.45 bits per heavy atom. The number of hydrogen-bond acceptors (Lipinski definition) is 3. The van der Waals surface area contributed by atoms with E-state index in [9.17, 15) is 9.90 Å². The Labute approximate surface area is 119 Å². The van der Waals surface area contributed by atoms with E-state index in [-0.39, 0.29) is 18.7 Å². The topological polar surface area (TPSA) is 49.8 Å². The Hall–Kier alpha value is -1.81. The van der Waals surface area contributed by atoms with E-state index in [2.05, 4.69) is 6.58 Å². The molecule has 1 saturated heterocycles. The van der Waals surface area contributed by atoms with Crippen LogP contribution in [0.25, 0.3) is 0 Å². The number of ether oxygens (including phenoxy) is 1. The summed E-state index contributed by atoms with van der Waals surface area (Å²) in [7, 11) is 0. The predicted octanol–water partition coefficient (Wildman–Crippen LogP) is 2.72. The van der Waals surface area contributed by atoms with Crippen molar-refractivity contribution in [2.24, 2.45) is 0 Å². The number of nitrogens with zero attached hydrogens (tertiary/aromatic N) is 1. The average Bonchev–Trinajstić information content (AvgIpc) is 2.48. The lowest BCUT2D eigenvalue weighted by molar-refractivity contribution is 0.00462. The summed E-state index contributed by atoms with van der Waals surface area (Å²) in [5, 5.41) is 10.0. The number of likely N-dealkylation sites (tertiary alicyclic amines) is 1. The van der Waals surface area contributed by atoms with Crippen LogP contribution in [-0.2, 0) is 11.3 Å². The van der Waals surface area contributed by atoms with Crippen molar-refractivity contribution in [1.29, 1.82) is 0 Å². The summed E-state index contributed by atoms with van der Waals surface area (Å²) in [5.74, 6) is 0. The molecular formula is C16H21NO3. The lowest BCUT2D eigenvalue weighted by Crippen LogP contribution is -2.50. The highest BCUT2D eigenvalue weighted by atomic mass is 16.6. The van der Waals surface area contributed by atoms with Gasteiger partial charge in [0.15, 0.2) is 0 Å². The largest absolute Gasteiger partial charge is 0.445 e. The van der Waals surface area contributed by atoms with Gasteiger partial charge in [0.1, 0.15) is 6.61 Å². The lowest BCUT2D eigenvalue weighted by atomic mass is 9.97. The first-order chi connectivity index (χ1) is 9.72. The van der Waals surface area contributed by atoms with E-state index in [0.717, 1.165) is 18.4 Å². The third-order valence-electron chi connectivity index (χ3n) is 3.59. The lowest BCUT2D eigenvalue weighted by Gasteiger charge is -2.37. The molecule has 2 atom stereocenters. The van der Waals surface area contributed by atoms with Crippen LogP contribution in [0.2, 0.25) is 0 Å². The van der Waals surface area contributed by atoms with E-state index >= 15 is 0 Å². The summed E-state index contributed by atoms with van der Waals surface area (Å²) >= 11 is 0. The van der Waals surface area contributed by atoms with Crippen molar-refractivity contribution in [3.8, 4) is 0 Å². The SMILES string of the molecule is C=CCC1C(O)CCCN1C(=O)OCc1ccccc1. The normalized spacial score (nSPS) is 22.4. The Bertz CT molecular complexity index is 446. The first-order valence-electron chi connectivity index (χ1n) is 6.98. The molecule has 20 heavy (non-hydrogen) atoms. The van der Waals surface area contributed by atoms with Crippen LogP contribution in [0, 0.1) is 0 Å². The molecule has 1 aliphatic heterocycles. The summed E-state index contributed by atoms with van der Waals surface area (Å²) in [4.78, 5) is 13.8. The Morgan fingerprint density at radius 2 is 2.20 bits per heavy atom. The molecule has 0 radical (unpaired) electrons. The number of carbonyl (C=O) groups excluding carboxylic acids is 1. The van der Waals surface area contributed by atoms with Crippen molar-refractivity contribution < 1.29 is 14.6 Å². The Morgan fingerprint density at radius 3 is 2.90 bits per heavy atom. The van der Waals surface area contributed by atoms with Crippen molar-refractivity contribution in [3.63, 3.8) is 0 Å². The molecule has 0 saturated carbocycles. The molecule has 1 aromatic carbocycles. The molecule has 1 aliphatic rings. The standard InChI is InChI=1S/C16H21NO3/c1-2-7-14-15(18)10-6-11-17(14)16(19)20-12-13-8-4-3-5-9-13/h2-5,8-9,14-15,18H,1,6-7,10-12H2. The fourth-order valence-electron chi connectivity index (χ4n) is 2.52. The van der Waals surface area contributed by atoms with Crippen LogP contribution >= 0.6 is 0 Å². The predicted molar refractivity (Wildman–Crippen MR) is 77.2 cm³/mol. The highest BCUT2D eigenvalue weighted by molar-refractivity contribution is 5.68. The van der Waals surface area contributed by atoms with Gasteiger partial charge < -0.3 is 14.7 Å². The molecule has 1 amide bonds. The number of piperidine rings is 1. The van der Waals surface area contributed by atoms with Gasteiger partial charge in [-0.1, -0.05) is 36.4 Å². The van der Waals surface area contributed by atoms with Gasteiger partial charge in [0.05, 0.1) is 12.1 Å². The summed E-state index contributed by atoms with van der Waals surface area (Å²) in [6.45, 7) is 4.57. The van der Waals surface area contributed by atoms with E-state index in [1.54, 1.807) is 11.0 Å². The summed E-state index contributed by atoms with van der Waals surface area (Å²) in [6, 6.07) is 9.36. The highest BCUT2D eigenvalue weighted by Gasteiger charge is 2.33. The fraction of sp³-hybridized carbons (Fsp3) is 0.438. The number of hydrogen-bond donors (Lipinski definition) is 1. The molecule has 0 spiro atoms. The Kier molecular flexibility index (Phi) is 5.18. The van der Waals surface area contributed by atoms with Crippen LogP contribution in [0.15, 0.2) is 43.0 Å². The number of aliphatic hydroxyl groups is 1. The van der Waals surface area contributed by atoms with Crippen molar-refractivity contribution >= 4 is 6.09 Å². The molecule has 4 nitrogen and oxygen atoms in total. The fourth-order valence-corrected chi connectivity index (χ4v) is 2.52. The molecule has 1 aromatic rings. The number of amides is 1. The average molecular weight is 275 g/mol. The molecule has 108 valence electrons. The van der Waals surface area contributed by atoms with Crippen LogP contribution < -0.4 is 0 Å². The molecule has 0 aromatic heterocycles. The van der Waals surface area contributed by atoms with E-state index in [0.29, 0.717) is 13.0 Å². The second-order valence-electron chi connectivity index (χ2n) is 5.03. The minimum atomic E-state index is -0.494. The number of rotatable bonds is 4. The summed E-state index contributed by atoms with van der Waals surface area (Å²) < 4.78 is 5.33. The van der Waals surface area contributed by atoms with Crippen molar-refractivity contribution in [2.75, 3.05) is 6.54 Å². The quantitative estimate of drug-likeness (QED) is 0.860. The van der Waals surface area contributed by atoms with Crippen LogP contribution in [0.4, 0.5) is 4.79 Å². The van der Waals surface area contributed by atoms with Gasteiger partial charge in [-0.25, -0.2) is 4.79 Å². The van der Waals surface area contributed by atoms with Gasteiger partial charge in [0.25, 0.3) is 0 Å². The second-order valence-corrected chi connectivity index (χ2v) is 5.03. The second kappa shape index (κ2) is 7.10. The maximum atomic E-state index is 12.2. The van der Waals surface area contributed by atoms with Crippen molar-refractivity contribution in [3.05, 3.63) is 48.6 Å². The zero-order valence-electron chi connectivity index (χ0n) is 11.6. The van der Waals surface area contributed by atoms with Gasteiger partial charge in [-0.3, -0.25) is 0 Å². The molecule has 1 fully saturated rings. The van der Waals surface area contributed by atoms with Gasteiger partial charge in [0, 0.05) is 6.54 Å². The molecular weight excluding hydrogens is 254 g/mol. The molecule has 0 bridgehead atoms. The van der Waals surface area contributed by atoms with E-state index in [4.69, 9.17) is 4.74 Å². The smallest absolute Gasteiger partial charge is 0.410 e. The van der Waals surface area contributed by atoms with Gasteiger partial charge in [0.2, 0.25) is 0 Å². The zero-order valence-corrected chi connectivity index (χ0v) is 11.6. The molecule has 4 heteroatoms. The summed E-state index contributed by atoms with van der Waals surface area (Å²) in [5.41, 5.74) is 0.957. The maximum Gasteiger partial charge on any atom is 0.410 e. The van der Waals surface area contributed by atoms with Crippen LogP contribution in [-0.4, -0.2) is 34.8 Å². The van der Waals surface area contributed by atoms with Crippen molar-refractivity contribution in [1.82, 2.24) is 4.90 Å². The zero-order chi connectivity index (χ0) is 14.4. The first-order valence-corrected chi connectivity index (χ1v) is 6.98. The third kappa shape index (κ3) is 3.61. The minimum absolute atomic E-state index is 0.218. The molecule has 2 rings (SSSR count). The van der Waals surface area contributed by atoms with E-state index < -0.39 is 6.10 Å². The van der Waals surface area contributed by atoms with Crippen LogP contribution in [0.3, 0.4) is 0 Å². The van der Waals surface area contributed by atoms with E-state index in [1.165, 1.54) is 0 Å². The van der Waals surface area contributed by atoms with Gasteiger partial charge in [-0.05, 0) is 24.8 Å². The first kappa shape index (κ1) is 14.6. The van der Waals surface area contributed by atoms with Crippen LogP contribution in [0.5, 0.6) is 0 Å². The van der Waals surface area contributed by atoms with Gasteiger partial charge in [-0.2, -0.15) is 0 Å². The van der Waals surface area contributed by atoms with E-state index in [1.807, 2.05) is 30.3 Å². The summed E-state index contributed by atoms with van der Waals surface area (Å²) in [6.07, 6.45) is 2.99. The van der Waals surface area contributed by atoms with Gasteiger partial charge >= 0.3 is 6.09 Å². The molecule has 0 aliphatic carbocycles. The monoisotopic (exact) mass is 275 g/mol. The number of benzene rings is 1. The minimum Gasteiger partial charge on any atom is -0.445 e. The molecule has 1 heterocycles. The van der Waals surface area contributed by atoms with Crippen molar-refractivity contribution in [2.45, 2.75) is 38.0 Å². The molecule has 1 N–H and O–H groups in total. The number of aliphatic hydroxyl groups excluding tert-OH is 1. The molecule has 2 unspecified atom stereocenters. The highest BCUT2D eigenvalue weighted by Crippen LogP contribution is 2.21. The van der Waals surface area contributed by atoms with Gasteiger partial charge in [-0.15, -0.1) is 6.58 Å².